The van der Waals surface area contributed by atoms with Crippen LogP contribution in [0.1, 0.15) is 31.7 Å². The summed E-state index contributed by atoms with van der Waals surface area (Å²) in [5, 5.41) is 13.0. The number of nitriles is 1. The molecule has 0 bridgehead atoms. The molecule has 4 rings (SSSR count). The largest absolute Gasteiger partial charge is 0.357 e. The number of carbonyl (C=O) groups is 2. The van der Waals surface area contributed by atoms with Crippen molar-refractivity contribution in [3.05, 3.63) is 77.6 Å². The van der Waals surface area contributed by atoms with E-state index in [9.17, 15) is 14.9 Å². The zero-order valence-corrected chi connectivity index (χ0v) is 20.6. The van der Waals surface area contributed by atoms with Gasteiger partial charge in [-0.05, 0) is 43.9 Å². The minimum atomic E-state index is -0.462. The lowest BCUT2D eigenvalue weighted by molar-refractivity contribution is -0.131. The molecular formula is C28H32N6O2. The molecule has 8 nitrogen and oxygen atoms in total. The van der Waals surface area contributed by atoms with E-state index in [1.54, 1.807) is 12.1 Å². The highest BCUT2D eigenvalue weighted by atomic mass is 16.2. The van der Waals surface area contributed by atoms with Crippen molar-refractivity contribution in [3.8, 4) is 6.07 Å². The highest BCUT2D eigenvalue weighted by molar-refractivity contribution is 5.99. The predicted molar refractivity (Wildman–Crippen MR) is 140 cm³/mol. The summed E-state index contributed by atoms with van der Waals surface area (Å²) in [5.74, 6) is 0.209. The van der Waals surface area contributed by atoms with E-state index in [1.165, 1.54) is 11.2 Å². The molecule has 1 fully saturated rings. The minimum Gasteiger partial charge on any atom is -0.357 e. The molecular weight excluding hydrogens is 452 g/mol. The van der Waals surface area contributed by atoms with Gasteiger partial charge in [-0.25, -0.2) is 0 Å². The molecule has 2 heterocycles. The fourth-order valence-electron chi connectivity index (χ4n) is 4.57. The van der Waals surface area contributed by atoms with Gasteiger partial charge in [-0.1, -0.05) is 48.5 Å². The first-order valence-electron chi connectivity index (χ1n) is 12.4. The Labute approximate surface area is 212 Å². The number of likely N-dealkylation sites (tertiary alicyclic amines) is 1. The van der Waals surface area contributed by atoms with E-state index in [2.05, 4.69) is 21.3 Å². The lowest BCUT2D eigenvalue weighted by Gasteiger charge is -2.39. The van der Waals surface area contributed by atoms with Crippen molar-refractivity contribution in [1.82, 2.24) is 14.7 Å². The molecule has 1 N–H and O–H groups in total. The van der Waals surface area contributed by atoms with E-state index < -0.39 is 6.04 Å². The van der Waals surface area contributed by atoms with Crippen LogP contribution in [0.15, 0.2) is 77.1 Å². The number of carbonyl (C=O) groups excluding carboxylic acids is 2. The van der Waals surface area contributed by atoms with Crippen molar-refractivity contribution < 1.29 is 9.59 Å². The molecule has 1 atom stereocenters. The molecule has 0 aliphatic carbocycles. The van der Waals surface area contributed by atoms with Gasteiger partial charge in [-0.3, -0.25) is 19.5 Å². The number of anilines is 1. The van der Waals surface area contributed by atoms with Crippen molar-refractivity contribution in [2.75, 3.05) is 31.5 Å². The Morgan fingerprint density at radius 3 is 2.39 bits per heavy atom. The van der Waals surface area contributed by atoms with Crippen LogP contribution in [0.5, 0.6) is 0 Å². The lowest BCUT2D eigenvalue weighted by Crippen LogP contribution is -2.46. The van der Waals surface area contributed by atoms with E-state index >= 15 is 0 Å². The Hall–Kier alpha value is -4.12. The molecule has 0 spiro atoms. The molecule has 2 aromatic carbocycles. The second kappa shape index (κ2) is 12.0. The number of hydrogen-bond acceptors (Lipinski definition) is 6. The first kappa shape index (κ1) is 25.0. The van der Waals surface area contributed by atoms with Crippen molar-refractivity contribution in [3.63, 3.8) is 0 Å². The maximum atomic E-state index is 13.5. The fourth-order valence-corrected chi connectivity index (χ4v) is 4.57. The maximum absolute atomic E-state index is 13.5. The van der Waals surface area contributed by atoms with Gasteiger partial charge < -0.3 is 15.1 Å². The number of piperidine rings is 1. The number of nitrogens with zero attached hydrogens (tertiary/aromatic N) is 5. The molecule has 2 amide bonds. The number of amides is 2. The van der Waals surface area contributed by atoms with Crippen LogP contribution in [-0.2, 0) is 16.1 Å². The highest BCUT2D eigenvalue weighted by Gasteiger charge is 2.30. The van der Waals surface area contributed by atoms with E-state index in [-0.39, 0.29) is 24.9 Å². The molecule has 0 aromatic heterocycles. The normalized spacial score (nSPS) is 20.8. The Bertz CT molecular complexity index is 1150. The SMILES string of the molecule is CC1N=CN(CC(=O)Nc2ccccc2)C(=O)CN(Cc2ccccc2)/C(N2CCCCC2)=C\1C#N. The van der Waals surface area contributed by atoms with Gasteiger partial charge in [0, 0.05) is 25.3 Å². The molecule has 1 saturated heterocycles. The number of hydrogen-bond donors (Lipinski definition) is 1. The van der Waals surface area contributed by atoms with Crippen LogP contribution in [0.2, 0.25) is 0 Å². The van der Waals surface area contributed by atoms with E-state index in [0.29, 0.717) is 17.8 Å². The Morgan fingerprint density at radius 1 is 1.06 bits per heavy atom. The third-order valence-corrected chi connectivity index (χ3v) is 6.40. The monoisotopic (exact) mass is 484 g/mol. The quantitative estimate of drug-likeness (QED) is 0.676. The molecule has 36 heavy (non-hydrogen) atoms. The van der Waals surface area contributed by atoms with E-state index in [0.717, 1.165) is 43.7 Å². The zero-order valence-electron chi connectivity index (χ0n) is 20.6. The van der Waals surface area contributed by atoms with Gasteiger partial charge >= 0.3 is 0 Å². The van der Waals surface area contributed by atoms with Crippen molar-refractivity contribution in [1.29, 1.82) is 5.26 Å². The van der Waals surface area contributed by atoms with Crippen LogP contribution < -0.4 is 5.32 Å². The topological polar surface area (TPSA) is 92.0 Å². The van der Waals surface area contributed by atoms with Gasteiger partial charge in [-0.15, -0.1) is 0 Å². The van der Waals surface area contributed by atoms with Crippen molar-refractivity contribution >= 4 is 23.8 Å². The molecule has 186 valence electrons. The van der Waals surface area contributed by atoms with Gasteiger partial charge in [-0.2, -0.15) is 5.26 Å². The highest BCUT2D eigenvalue weighted by Crippen LogP contribution is 2.26. The number of nitrogens with one attached hydrogen (secondary N) is 1. The first-order valence-corrected chi connectivity index (χ1v) is 12.4. The molecule has 2 aliphatic rings. The first-order chi connectivity index (χ1) is 17.5. The second-order valence-electron chi connectivity index (χ2n) is 9.11. The van der Waals surface area contributed by atoms with Gasteiger partial charge in [0.25, 0.3) is 0 Å². The Morgan fingerprint density at radius 2 is 1.72 bits per heavy atom. The third-order valence-electron chi connectivity index (χ3n) is 6.40. The smallest absolute Gasteiger partial charge is 0.247 e. The average Bonchev–Trinajstić information content (AvgIpc) is 2.94. The Balaban J connectivity index is 1.64. The third kappa shape index (κ3) is 6.30. The summed E-state index contributed by atoms with van der Waals surface area (Å²) < 4.78 is 0. The van der Waals surface area contributed by atoms with Gasteiger partial charge in [0.15, 0.2) is 0 Å². The summed E-state index contributed by atoms with van der Waals surface area (Å²) in [6.45, 7) is 3.87. The molecule has 8 heteroatoms. The molecule has 1 unspecified atom stereocenters. The van der Waals surface area contributed by atoms with Gasteiger partial charge in [0.2, 0.25) is 11.8 Å². The Kier molecular flexibility index (Phi) is 8.35. The number of benzene rings is 2. The average molecular weight is 485 g/mol. The van der Waals surface area contributed by atoms with Crippen molar-refractivity contribution in [2.45, 2.75) is 38.8 Å². The summed E-state index contributed by atoms with van der Waals surface area (Å²) >= 11 is 0. The van der Waals surface area contributed by atoms with E-state index in [4.69, 9.17) is 0 Å². The molecule has 0 saturated carbocycles. The van der Waals surface area contributed by atoms with Crippen LogP contribution >= 0.6 is 0 Å². The number of aliphatic imine (C=N–C) groups is 1. The summed E-state index contributed by atoms with van der Waals surface area (Å²) in [6, 6.07) is 21.0. The summed E-state index contributed by atoms with van der Waals surface area (Å²) in [5.41, 5.74) is 2.24. The summed E-state index contributed by atoms with van der Waals surface area (Å²) in [6.07, 6.45) is 4.65. The van der Waals surface area contributed by atoms with Crippen molar-refractivity contribution in [2.24, 2.45) is 4.99 Å². The molecule has 0 radical (unpaired) electrons. The standard InChI is InChI=1S/C28H32N6O2/c1-22-25(17-29)28(32-15-9-4-10-16-32)33(18-23-11-5-2-6-12-23)20-27(36)34(21-30-22)19-26(35)31-24-13-7-3-8-14-24/h2-3,5-8,11-14,21-22H,4,9-10,15-16,18-20H2,1H3,(H,31,35)/b28-25-,30-21?. The van der Waals surface area contributed by atoms with Crippen LogP contribution in [-0.4, -0.2) is 65.1 Å². The molecule has 2 aliphatic heterocycles. The van der Waals surface area contributed by atoms with Crippen LogP contribution in [0.3, 0.4) is 0 Å². The summed E-state index contributed by atoms with van der Waals surface area (Å²) in [4.78, 5) is 36.4. The fraction of sp³-hybridized carbons (Fsp3) is 0.357. The second-order valence-corrected chi connectivity index (χ2v) is 9.11. The van der Waals surface area contributed by atoms with Crippen LogP contribution in [0.25, 0.3) is 0 Å². The van der Waals surface area contributed by atoms with Gasteiger partial charge in [0.05, 0.1) is 24.5 Å². The molecule has 2 aromatic rings. The maximum Gasteiger partial charge on any atom is 0.247 e. The minimum absolute atomic E-state index is 0.0310. The summed E-state index contributed by atoms with van der Waals surface area (Å²) in [7, 11) is 0. The van der Waals surface area contributed by atoms with E-state index in [1.807, 2.05) is 60.4 Å². The van der Waals surface area contributed by atoms with Crippen LogP contribution in [0, 0.1) is 11.3 Å². The lowest BCUT2D eigenvalue weighted by atomic mass is 10.1. The number of rotatable bonds is 6. The van der Waals surface area contributed by atoms with Gasteiger partial charge in [0.1, 0.15) is 18.4 Å². The van der Waals surface area contributed by atoms with Crippen LogP contribution in [0.4, 0.5) is 5.69 Å². The predicted octanol–water partition coefficient (Wildman–Crippen LogP) is 3.61. The zero-order chi connectivity index (χ0) is 25.3. The number of para-hydroxylation sites is 1.